The van der Waals surface area contributed by atoms with Gasteiger partial charge in [0.2, 0.25) is 5.88 Å². The molecule has 2 aliphatic heterocycles. The van der Waals surface area contributed by atoms with Gasteiger partial charge in [0.25, 0.3) is 11.1 Å². The molecule has 3 aromatic rings. The third-order valence-electron chi connectivity index (χ3n) is 6.43. The van der Waals surface area contributed by atoms with Crippen LogP contribution < -0.4 is 10.1 Å². The molecule has 2 fully saturated rings. The summed E-state index contributed by atoms with van der Waals surface area (Å²) < 4.78 is 47.6. The van der Waals surface area contributed by atoms with Crippen molar-refractivity contribution in [2.45, 2.75) is 31.6 Å². The van der Waals surface area contributed by atoms with Crippen LogP contribution in [0.25, 0.3) is 17.0 Å². The van der Waals surface area contributed by atoms with E-state index < -0.39 is 11.7 Å². The summed E-state index contributed by atoms with van der Waals surface area (Å²) in [4.78, 5) is 27.3. The molecule has 2 amide bonds. The minimum Gasteiger partial charge on any atom is -0.479 e. The standard InChI is InChI=1S/C25H22ClF3N4O3S/c1-36-22-18-10-14(11-21-23(34)33(24(35)37-21)17-6-8-30-9-7-17)2-5-20(18)32(31-22)13-15-3-4-16(26)12-19(15)25(27,28)29/h2-5,10-12,17,30H,6-9,13H2,1H3. The zero-order valence-electron chi connectivity index (χ0n) is 19.6. The number of benzene rings is 2. The molecule has 7 nitrogen and oxygen atoms in total. The number of hydrogen-bond acceptors (Lipinski definition) is 6. The Morgan fingerprint density at radius 2 is 1.95 bits per heavy atom. The molecule has 37 heavy (non-hydrogen) atoms. The summed E-state index contributed by atoms with van der Waals surface area (Å²) in [5.41, 5.74) is 0.381. The lowest BCUT2D eigenvalue weighted by atomic mass is 10.1. The third-order valence-corrected chi connectivity index (χ3v) is 7.55. The van der Waals surface area contributed by atoms with E-state index in [4.69, 9.17) is 16.3 Å². The quantitative estimate of drug-likeness (QED) is 0.420. The number of imide groups is 1. The molecule has 0 spiro atoms. The molecule has 2 aliphatic rings. The van der Waals surface area contributed by atoms with Crippen LogP contribution in [-0.2, 0) is 17.5 Å². The largest absolute Gasteiger partial charge is 0.479 e. The summed E-state index contributed by atoms with van der Waals surface area (Å²) in [5, 5.41) is 7.86. The Morgan fingerprint density at radius 1 is 1.19 bits per heavy atom. The minimum absolute atomic E-state index is 0.00631. The molecule has 0 radical (unpaired) electrons. The van der Waals surface area contributed by atoms with Gasteiger partial charge in [0.15, 0.2) is 0 Å². The first kappa shape index (κ1) is 25.6. The van der Waals surface area contributed by atoms with Crippen molar-refractivity contribution in [3.63, 3.8) is 0 Å². The number of ether oxygens (including phenoxy) is 1. The van der Waals surface area contributed by atoms with Crippen LogP contribution in [0.2, 0.25) is 5.02 Å². The Balaban J connectivity index is 1.46. The number of fused-ring (bicyclic) bond motifs is 1. The number of nitrogens with one attached hydrogen (secondary N) is 1. The number of thioether (sulfide) groups is 1. The summed E-state index contributed by atoms with van der Waals surface area (Å²) >= 11 is 6.71. The SMILES string of the molecule is COc1nn(Cc2ccc(Cl)cc2C(F)(F)F)c2ccc(C=C3SC(=O)N(C4CCNCC4)C3=O)cc12. The predicted octanol–water partition coefficient (Wildman–Crippen LogP) is 5.55. The molecule has 2 saturated heterocycles. The van der Waals surface area contributed by atoms with Crippen molar-refractivity contribution < 1.29 is 27.5 Å². The van der Waals surface area contributed by atoms with Crippen LogP contribution in [0.3, 0.4) is 0 Å². The molecule has 0 aliphatic carbocycles. The number of carbonyl (C=O) groups is 2. The minimum atomic E-state index is -4.57. The summed E-state index contributed by atoms with van der Waals surface area (Å²) in [6.45, 7) is 1.36. The monoisotopic (exact) mass is 550 g/mol. The smallest absolute Gasteiger partial charge is 0.416 e. The summed E-state index contributed by atoms with van der Waals surface area (Å²) in [6.07, 6.45) is -1.49. The van der Waals surface area contributed by atoms with Gasteiger partial charge in [0.05, 0.1) is 35.0 Å². The number of alkyl halides is 3. The molecular weight excluding hydrogens is 529 g/mol. The van der Waals surface area contributed by atoms with E-state index in [1.54, 1.807) is 24.3 Å². The molecule has 0 saturated carbocycles. The van der Waals surface area contributed by atoms with E-state index in [0.717, 1.165) is 43.8 Å². The highest BCUT2D eigenvalue weighted by Crippen LogP contribution is 2.37. The molecular formula is C25H22ClF3N4O3S. The molecule has 2 aromatic carbocycles. The van der Waals surface area contributed by atoms with E-state index in [2.05, 4.69) is 10.4 Å². The van der Waals surface area contributed by atoms with E-state index in [1.165, 1.54) is 28.8 Å². The first-order valence-electron chi connectivity index (χ1n) is 11.5. The predicted molar refractivity (Wildman–Crippen MR) is 136 cm³/mol. The molecule has 1 N–H and O–H groups in total. The average molecular weight is 551 g/mol. The molecule has 3 heterocycles. The van der Waals surface area contributed by atoms with Crippen LogP contribution >= 0.6 is 23.4 Å². The van der Waals surface area contributed by atoms with Crippen LogP contribution in [0.4, 0.5) is 18.0 Å². The highest BCUT2D eigenvalue weighted by atomic mass is 35.5. The average Bonchev–Trinajstić information content (AvgIpc) is 3.35. The Hall–Kier alpha value is -3.02. The Morgan fingerprint density at radius 3 is 2.65 bits per heavy atom. The van der Waals surface area contributed by atoms with Gasteiger partial charge in [-0.25, -0.2) is 0 Å². The molecule has 5 rings (SSSR count). The molecule has 194 valence electrons. The van der Waals surface area contributed by atoms with Gasteiger partial charge in [-0.15, -0.1) is 5.10 Å². The van der Waals surface area contributed by atoms with E-state index >= 15 is 0 Å². The lowest BCUT2D eigenvalue weighted by Gasteiger charge is -2.29. The number of aromatic nitrogens is 2. The first-order chi connectivity index (χ1) is 17.7. The number of methoxy groups -OCH3 is 1. The van der Waals surface area contributed by atoms with E-state index in [1.807, 2.05) is 0 Å². The highest BCUT2D eigenvalue weighted by molar-refractivity contribution is 8.18. The number of piperidine rings is 1. The maximum Gasteiger partial charge on any atom is 0.416 e. The number of carbonyl (C=O) groups excluding carboxylic acids is 2. The van der Waals surface area contributed by atoms with Crippen molar-refractivity contribution >= 4 is 51.5 Å². The highest BCUT2D eigenvalue weighted by Gasteiger charge is 2.40. The third kappa shape index (κ3) is 5.07. The topological polar surface area (TPSA) is 76.5 Å². The fraction of sp³-hybridized carbons (Fsp3) is 0.320. The number of hydrogen-bond donors (Lipinski definition) is 1. The van der Waals surface area contributed by atoms with Gasteiger partial charge >= 0.3 is 6.18 Å². The van der Waals surface area contributed by atoms with Crippen LogP contribution in [0.1, 0.15) is 29.5 Å². The van der Waals surface area contributed by atoms with E-state index in [-0.39, 0.29) is 40.2 Å². The van der Waals surface area contributed by atoms with Gasteiger partial charge in [-0.1, -0.05) is 23.7 Å². The van der Waals surface area contributed by atoms with Crippen molar-refractivity contribution in [3.8, 4) is 5.88 Å². The number of halogens is 4. The molecule has 12 heteroatoms. The van der Waals surface area contributed by atoms with Gasteiger partial charge in [0, 0.05) is 11.1 Å². The lowest BCUT2D eigenvalue weighted by Crippen LogP contribution is -2.45. The van der Waals surface area contributed by atoms with Crippen molar-refractivity contribution in [1.29, 1.82) is 0 Å². The van der Waals surface area contributed by atoms with Crippen LogP contribution in [0.15, 0.2) is 41.3 Å². The van der Waals surface area contributed by atoms with Crippen LogP contribution in [-0.4, -0.2) is 52.1 Å². The zero-order chi connectivity index (χ0) is 26.3. The fourth-order valence-corrected chi connectivity index (χ4v) is 5.72. The van der Waals surface area contributed by atoms with Gasteiger partial charge in [-0.05, 0) is 79.2 Å². The van der Waals surface area contributed by atoms with Gasteiger partial charge in [-0.2, -0.15) is 13.2 Å². The molecule has 1 aromatic heterocycles. The van der Waals surface area contributed by atoms with Crippen molar-refractivity contribution in [1.82, 2.24) is 20.0 Å². The van der Waals surface area contributed by atoms with Gasteiger partial charge in [0.1, 0.15) is 0 Å². The second-order valence-corrected chi connectivity index (χ2v) is 10.2. The van der Waals surface area contributed by atoms with E-state index in [9.17, 15) is 22.8 Å². The number of nitrogens with zero attached hydrogens (tertiary/aromatic N) is 3. The number of rotatable bonds is 5. The second kappa shape index (κ2) is 10.0. The molecule has 0 bridgehead atoms. The van der Waals surface area contributed by atoms with Crippen LogP contribution in [0.5, 0.6) is 5.88 Å². The first-order valence-corrected chi connectivity index (χ1v) is 12.7. The van der Waals surface area contributed by atoms with Crippen LogP contribution in [0, 0.1) is 0 Å². The van der Waals surface area contributed by atoms with Gasteiger partial charge in [-0.3, -0.25) is 19.2 Å². The van der Waals surface area contributed by atoms with E-state index in [0.29, 0.717) is 21.4 Å². The van der Waals surface area contributed by atoms with Crippen molar-refractivity contribution in [3.05, 3.63) is 63.0 Å². The zero-order valence-corrected chi connectivity index (χ0v) is 21.2. The van der Waals surface area contributed by atoms with Crippen molar-refractivity contribution in [2.75, 3.05) is 20.2 Å². The second-order valence-electron chi connectivity index (χ2n) is 8.78. The molecule has 0 atom stereocenters. The Kier molecular flexibility index (Phi) is 6.95. The molecule has 0 unspecified atom stereocenters. The normalized spacial score (nSPS) is 18.4. The summed E-state index contributed by atoms with van der Waals surface area (Å²) in [7, 11) is 1.42. The summed E-state index contributed by atoms with van der Waals surface area (Å²) in [5.74, 6) is -0.0809. The maximum atomic E-state index is 13.6. The maximum absolute atomic E-state index is 13.6. The summed E-state index contributed by atoms with van der Waals surface area (Å²) in [6, 6.07) is 8.69. The Labute approximate surface area is 219 Å². The fourth-order valence-electron chi connectivity index (χ4n) is 4.65. The Bertz CT molecular complexity index is 1420. The number of amides is 2. The van der Waals surface area contributed by atoms with Crippen molar-refractivity contribution in [2.24, 2.45) is 0 Å². The lowest BCUT2D eigenvalue weighted by molar-refractivity contribution is -0.138. The van der Waals surface area contributed by atoms with Gasteiger partial charge < -0.3 is 10.1 Å².